The van der Waals surface area contributed by atoms with Crippen LogP contribution in [0.3, 0.4) is 0 Å². The van der Waals surface area contributed by atoms with Crippen molar-refractivity contribution in [3.8, 4) is 0 Å². The highest BCUT2D eigenvalue weighted by molar-refractivity contribution is 5.71. The number of hydrogen-bond donors (Lipinski definition) is 1. The van der Waals surface area contributed by atoms with Crippen LogP contribution in [-0.4, -0.2) is 41.8 Å². The zero-order valence-electron chi connectivity index (χ0n) is 10.4. The van der Waals surface area contributed by atoms with E-state index in [1.54, 1.807) is 4.90 Å². The zero-order valence-corrected chi connectivity index (χ0v) is 10.4. The molecule has 3 rings (SSSR count). The predicted octanol–water partition coefficient (Wildman–Crippen LogP) is 1.74. The summed E-state index contributed by atoms with van der Waals surface area (Å²) in [7, 11) is 0. The molecule has 1 N–H and O–H groups in total. The molecule has 3 fully saturated rings. The van der Waals surface area contributed by atoms with Crippen molar-refractivity contribution < 1.29 is 19.4 Å². The molecular weight excluding hydrogens is 234 g/mol. The fraction of sp³-hybridized carbons (Fsp3) is 0.692. The van der Waals surface area contributed by atoms with Crippen LogP contribution in [0.5, 0.6) is 0 Å². The zero-order chi connectivity index (χ0) is 13.1. The first-order valence-electron chi connectivity index (χ1n) is 6.37. The number of fused-ring (bicyclic) bond motifs is 4. The Morgan fingerprint density at radius 2 is 2.17 bits per heavy atom. The Bertz CT molecular complexity index is 355. The van der Waals surface area contributed by atoms with E-state index in [1.165, 1.54) is 6.08 Å². The summed E-state index contributed by atoms with van der Waals surface area (Å²) >= 11 is 0. The van der Waals surface area contributed by atoms with Gasteiger partial charge in [0.25, 0.3) is 0 Å². The molecule has 0 aromatic rings. The number of rotatable bonds is 3. The summed E-state index contributed by atoms with van der Waals surface area (Å²) in [6, 6.07) is 0. The monoisotopic (exact) mass is 253 g/mol. The van der Waals surface area contributed by atoms with Crippen LogP contribution >= 0.6 is 0 Å². The Kier molecular flexibility index (Phi) is 3.89. The summed E-state index contributed by atoms with van der Waals surface area (Å²) in [5.41, 5.74) is 0. The lowest BCUT2D eigenvalue weighted by atomic mass is 9.76. The standard InChI is InChI=1S/C13H19NO4/c1-2-5-18-13(17)14-7-9-3-4-10(8-14)11(6-9)12(15)16/h2,9-11H,1,3-8H2,(H,15,16). The van der Waals surface area contributed by atoms with Crippen molar-refractivity contribution >= 4 is 12.1 Å². The molecule has 0 radical (unpaired) electrons. The molecule has 3 unspecified atom stereocenters. The van der Waals surface area contributed by atoms with Crippen molar-refractivity contribution in [3.05, 3.63) is 12.7 Å². The van der Waals surface area contributed by atoms with Crippen LogP contribution in [0.1, 0.15) is 19.3 Å². The third-order valence-electron chi connectivity index (χ3n) is 3.94. The van der Waals surface area contributed by atoms with Gasteiger partial charge in [-0.3, -0.25) is 4.79 Å². The SMILES string of the molecule is C=CCOC(=O)N1CC2CCC(C1)C(C(=O)O)C2. The Morgan fingerprint density at radius 1 is 1.39 bits per heavy atom. The van der Waals surface area contributed by atoms with Crippen LogP contribution in [0.4, 0.5) is 4.79 Å². The second-order valence-corrected chi connectivity index (χ2v) is 5.15. The molecule has 1 aliphatic carbocycles. The molecule has 18 heavy (non-hydrogen) atoms. The molecule has 2 saturated heterocycles. The smallest absolute Gasteiger partial charge is 0.410 e. The van der Waals surface area contributed by atoms with Gasteiger partial charge in [0.15, 0.2) is 0 Å². The van der Waals surface area contributed by atoms with E-state index >= 15 is 0 Å². The summed E-state index contributed by atoms with van der Waals surface area (Å²) in [6.45, 7) is 4.83. The number of carbonyl (C=O) groups excluding carboxylic acids is 1. The minimum Gasteiger partial charge on any atom is -0.481 e. The molecule has 2 heterocycles. The molecule has 1 saturated carbocycles. The maximum atomic E-state index is 11.8. The van der Waals surface area contributed by atoms with Crippen molar-refractivity contribution in [2.75, 3.05) is 19.7 Å². The highest BCUT2D eigenvalue weighted by Gasteiger charge is 2.41. The number of ether oxygens (including phenoxy) is 1. The van der Waals surface area contributed by atoms with E-state index in [9.17, 15) is 14.7 Å². The Hall–Kier alpha value is -1.52. The minimum atomic E-state index is -0.731. The van der Waals surface area contributed by atoms with Crippen LogP contribution in [0, 0.1) is 17.8 Å². The average molecular weight is 253 g/mol. The Balaban J connectivity index is 2.03. The number of carbonyl (C=O) groups is 2. The van der Waals surface area contributed by atoms with Gasteiger partial charge in [-0.15, -0.1) is 0 Å². The molecular formula is C13H19NO4. The van der Waals surface area contributed by atoms with Crippen LogP contribution in [0.2, 0.25) is 0 Å². The first kappa shape index (κ1) is 12.9. The largest absolute Gasteiger partial charge is 0.481 e. The van der Waals surface area contributed by atoms with E-state index in [0.717, 1.165) is 12.8 Å². The fourth-order valence-electron chi connectivity index (χ4n) is 3.05. The number of amides is 1. The van der Waals surface area contributed by atoms with Gasteiger partial charge in [0.05, 0.1) is 5.92 Å². The van der Waals surface area contributed by atoms with Crippen molar-refractivity contribution in [1.29, 1.82) is 0 Å². The number of carboxylic acids is 1. The van der Waals surface area contributed by atoms with Crippen molar-refractivity contribution in [1.82, 2.24) is 4.90 Å². The molecule has 5 heteroatoms. The molecule has 5 nitrogen and oxygen atoms in total. The van der Waals surface area contributed by atoms with Crippen LogP contribution in [0.25, 0.3) is 0 Å². The van der Waals surface area contributed by atoms with Gasteiger partial charge < -0.3 is 14.7 Å². The third-order valence-corrected chi connectivity index (χ3v) is 3.94. The summed E-state index contributed by atoms with van der Waals surface area (Å²) in [5.74, 6) is -0.675. The Labute approximate surface area is 106 Å². The Morgan fingerprint density at radius 3 is 2.83 bits per heavy atom. The van der Waals surface area contributed by atoms with E-state index < -0.39 is 5.97 Å². The predicted molar refractivity (Wildman–Crippen MR) is 65.1 cm³/mol. The van der Waals surface area contributed by atoms with Gasteiger partial charge in [0, 0.05) is 13.1 Å². The lowest BCUT2D eigenvalue weighted by Gasteiger charge is -2.28. The highest BCUT2D eigenvalue weighted by atomic mass is 16.6. The first-order valence-corrected chi connectivity index (χ1v) is 6.37. The van der Waals surface area contributed by atoms with Crippen molar-refractivity contribution in [2.24, 2.45) is 17.8 Å². The minimum absolute atomic E-state index is 0.0672. The summed E-state index contributed by atoms with van der Waals surface area (Å²) in [5, 5.41) is 9.20. The van der Waals surface area contributed by atoms with Crippen LogP contribution < -0.4 is 0 Å². The molecule has 2 bridgehead atoms. The second-order valence-electron chi connectivity index (χ2n) is 5.15. The third kappa shape index (κ3) is 2.66. The van der Waals surface area contributed by atoms with Crippen LogP contribution in [-0.2, 0) is 9.53 Å². The van der Waals surface area contributed by atoms with E-state index in [0.29, 0.717) is 25.4 Å². The van der Waals surface area contributed by atoms with Crippen molar-refractivity contribution in [3.63, 3.8) is 0 Å². The summed E-state index contributed by atoms with van der Waals surface area (Å²) < 4.78 is 5.03. The van der Waals surface area contributed by atoms with Gasteiger partial charge in [-0.25, -0.2) is 4.79 Å². The molecule has 1 amide bonds. The molecule has 3 atom stereocenters. The lowest BCUT2D eigenvalue weighted by molar-refractivity contribution is -0.145. The first-order chi connectivity index (χ1) is 8.61. The fourth-order valence-corrected chi connectivity index (χ4v) is 3.05. The topological polar surface area (TPSA) is 66.8 Å². The van der Waals surface area contributed by atoms with E-state index in [4.69, 9.17) is 4.74 Å². The lowest BCUT2D eigenvalue weighted by Crippen LogP contribution is -2.36. The van der Waals surface area contributed by atoms with Gasteiger partial charge in [-0.05, 0) is 31.1 Å². The van der Waals surface area contributed by atoms with Gasteiger partial charge in [-0.1, -0.05) is 12.7 Å². The van der Waals surface area contributed by atoms with E-state index in [1.807, 2.05) is 0 Å². The summed E-state index contributed by atoms with van der Waals surface area (Å²) in [6.07, 6.45) is 3.78. The molecule has 0 aromatic heterocycles. The highest BCUT2D eigenvalue weighted by Crippen LogP contribution is 2.38. The molecule has 3 aliphatic rings. The normalized spacial score (nSPS) is 30.7. The molecule has 0 spiro atoms. The average Bonchev–Trinajstić information content (AvgIpc) is 2.67. The maximum Gasteiger partial charge on any atom is 0.410 e. The van der Waals surface area contributed by atoms with Crippen molar-refractivity contribution in [2.45, 2.75) is 19.3 Å². The summed E-state index contributed by atoms with van der Waals surface area (Å²) in [4.78, 5) is 24.7. The van der Waals surface area contributed by atoms with Gasteiger partial charge in [0.2, 0.25) is 0 Å². The second kappa shape index (κ2) is 5.42. The van der Waals surface area contributed by atoms with Gasteiger partial charge in [-0.2, -0.15) is 0 Å². The molecule has 2 aliphatic heterocycles. The number of carboxylic acid groups (broad SMARTS) is 1. The molecule has 0 aromatic carbocycles. The number of aliphatic carboxylic acids is 1. The van der Waals surface area contributed by atoms with Crippen LogP contribution in [0.15, 0.2) is 12.7 Å². The molecule has 100 valence electrons. The van der Waals surface area contributed by atoms with E-state index in [-0.39, 0.29) is 24.5 Å². The maximum absolute atomic E-state index is 11.8. The van der Waals surface area contributed by atoms with E-state index in [2.05, 4.69) is 6.58 Å². The number of nitrogens with zero attached hydrogens (tertiary/aromatic N) is 1. The quantitative estimate of drug-likeness (QED) is 0.778. The number of hydrogen-bond acceptors (Lipinski definition) is 3. The van der Waals surface area contributed by atoms with Gasteiger partial charge in [0.1, 0.15) is 6.61 Å². The van der Waals surface area contributed by atoms with Gasteiger partial charge >= 0.3 is 12.1 Å².